The van der Waals surface area contributed by atoms with Gasteiger partial charge in [0.1, 0.15) is 5.82 Å². The third kappa shape index (κ3) is 3.95. The number of rotatable bonds is 4. The van der Waals surface area contributed by atoms with E-state index in [9.17, 15) is 9.18 Å². The van der Waals surface area contributed by atoms with Crippen molar-refractivity contribution in [1.82, 2.24) is 10.3 Å². The normalized spacial score (nSPS) is 16.2. The van der Waals surface area contributed by atoms with Crippen molar-refractivity contribution >= 4 is 39.2 Å². The van der Waals surface area contributed by atoms with Crippen molar-refractivity contribution in [3.8, 4) is 0 Å². The molecule has 2 aromatic rings. The van der Waals surface area contributed by atoms with Crippen LogP contribution in [0.15, 0.2) is 22.5 Å². The number of halogens is 1. The maximum atomic E-state index is 13.1. The molecule has 0 spiro atoms. The molecule has 0 unspecified atom stereocenters. The van der Waals surface area contributed by atoms with Crippen molar-refractivity contribution < 1.29 is 9.18 Å². The van der Waals surface area contributed by atoms with Crippen LogP contribution in [0.25, 0.3) is 10.2 Å². The summed E-state index contributed by atoms with van der Waals surface area (Å²) in [5.41, 5.74) is 0.789. The highest BCUT2D eigenvalue weighted by atomic mass is 32.2. The predicted octanol–water partition coefficient (Wildman–Crippen LogP) is 3.98. The average molecular weight is 324 g/mol. The van der Waals surface area contributed by atoms with Crippen LogP contribution in [0.2, 0.25) is 0 Å². The predicted molar refractivity (Wildman–Crippen MR) is 85.3 cm³/mol. The first kappa shape index (κ1) is 14.8. The quantitative estimate of drug-likeness (QED) is 0.865. The van der Waals surface area contributed by atoms with E-state index in [1.807, 2.05) is 0 Å². The molecule has 1 saturated carbocycles. The molecule has 1 N–H and O–H groups in total. The highest BCUT2D eigenvalue weighted by Crippen LogP contribution is 2.29. The van der Waals surface area contributed by atoms with Gasteiger partial charge < -0.3 is 5.32 Å². The number of amides is 1. The summed E-state index contributed by atoms with van der Waals surface area (Å²) in [7, 11) is 0. The zero-order valence-corrected chi connectivity index (χ0v) is 13.2. The van der Waals surface area contributed by atoms with Crippen LogP contribution in [0.5, 0.6) is 0 Å². The van der Waals surface area contributed by atoms with Crippen molar-refractivity contribution in [2.24, 2.45) is 0 Å². The summed E-state index contributed by atoms with van der Waals surface area (Å²) in [5.74, 6) is 0.189. The molecule has 0 saturated heterocycles. The second kappa shape index (κ2) is 6.75. The fourth-order valence-electron chi connectivity index (χ4n) is 2.58. The maximum absolute atomic E-state index is 13.1. The van der Waals surface area contributed by atoms with Gasteiger partial charge in [-0.1, -0.05) is 31.0 Å². The lowest BCUT2D eigenvalue weighted by atomic mass is 9.95. The van der Waals surface area contributed by atoms with Crippen LogP contribution in [0.3, 0.4) is 0 Å². The molecular weight excluding hydrogens is 307 g/mol. The van der Waals surface area contributed by atoms with Crippen molar-refractivity contribution in [1.29, 1.82) is 0 Å². The molecule has 1 aromatic heterocycles. The molecule has 0 aliphatic heterocycles. The fourth-order valence-corrected chi connectivity index (χ4v) is 4.49. The first-order chi connectivity index (χ1) is 10.2. The molecule has 1 aromatic carbocycles. The summed E-state index contributed by atoms with van der Waals surface area (Å²) in [5, 5.41) is 3.09. The number of thiazole rings is 1. The smallest absolute Gasteiger partial charge is 0.230 e. The minimum Gasteiger partial charge on any atom is -0.353 e. The molecule has 3 nitrogen and oxygen atoms in total. The fraction of sp³-hybridized carbons (Fsp3) is 0.467. The van der Waals surface area contributed by atoms with Gasteiger partial charge in [-0.3, -0.25) is 4.79 Å². The number of nitrogens with zero attached hydrogens (tertiary/aromatic N) is 1. The van der Waals surface area contributed by atoms with Crippen LogP contribution in [-0.4, -0.2) is 22.7 Å². The van der Waals surface area contributed by atoms with Gasteiger partial charge in [0.2, 0.25) is 5.91 Å². The Balaban J connectivity index is 1.54. The Morgan fingerprint density at radius 2 is 2.19 bits per heavy atom. The molecule has 0 radical (unpaired) electrons. The van der Waals surface area contributed by atoms with Crippen molar-refractivity contribution in [2.75, 3.05) is 5.75 Å². The maximum Gasteiger partial charge on any atom is 0.230 e. The Bertz CT molecular complexity index is 638. The lowest BCUT2D eigenvalue weighted by molar-refractivity contribution is -0.119. The van der Waals surface area contributed by atoms with E-state index in [2.05, 4.69) is 10.3 Å². The second-order valence-corrected chi connectivity index (χ2v) is 7.54. The molecular formula is C15H17FN2OS2. The van der Waals surface area contributed by atoms with Crippen LogP contribution in [0, 0.1) is 5.82 Å². The molecule has 1 aliphatic rings. The van der Waals surface area contributed by atoms with E-state index >= 15 is 0 Å². The van der Waals surface area contributed by atoms with Crippen LogP contribution in [-0.2, 0) is 4.79 Å². The molecule has 3 rings (SSSR count). The van der Waals surface area contributed by atoms with E-state index in [0.717, 1.165) is 27.4 Å². The van der Waals surface area contributed by atoms with Crippen LogP contribution in [0.1, 0.15) is 32.1 Å². The van der Waals surface area contributed by atoms with Gasteiger partial charge in [0.25, 0.3) is 0 Å². The number of benzene rings is 1. The van der Waals surface area contributed by atoms with E-state index in [4.69, 9.17) is 0 Å². The number of thioether (sulfide) groups is 1. The molecule has 1 aliphatic carbocycles. The van der Waals surface area contributed by atoms with E-state index in [1.165, 1.54) is 54.5 Å². The SMILES string of the molecule is O=C(CSc1nc2ccc(F)cc2s1)NC1CCCCC1. The average Bonchev–Trinajstić information content (AvgIpc) is 2.88. The lowest BCUT2D eigenvalue weighted by Crippen LogP contribution is -2.37. The number of hydrogen-bond acceptors (Lipinski definition) is 4. The van der Waals surface area contributed by atoms with Crippen molar-refractivity contribution in [2.45, 2.75) is 42.5 Å². The molecule has 21 heavy (non-hydrogen) atoms. The standard InChI is InChI=1S/C15H17FN2OS2/c16-10-6-7-12-13(8-10)21-15(18-12)20-9-14(19)17-11-4-2-1-3-5-11/h6-8,11H,1-5,9H2,(H,17,19). The number of hydrogen-bond donors (Lipinski definition) is 1. The first-order valence-electron chi connectivity index (χ1n) is 7.19. The molecule has 0 bridgehead atoms. The van der Waals surface area contributed by atoms with Crippen molar-refractivity contribution in [3.63, 3.8) is 0 Å². The molecule has 1 fully saturated rings. The van der Waals surface area contributed by atoms with E-state index in [1.54, 1.807) is 6.07 Å². The van der Waals surface area contributed by atoms with Gasteiger partial charge in [0.15, 0.2) is 4.34 Å². The van der Waals surface area contributed by atoms with Crippen LogP contribution < -0.4 is 5.32 Å². The Kier molecular flexibility index (Phi) is 4.75. The van der Waals surface area contributed by atoms with E-state index in [-0.39, 0.29) is 11.7 Å². The van der Waals surface area contributed by atoms with Gasteiger partial charge >= 0.3 is 0 Å². The largest absolute Gasteiger partial charge is 0.353 e. The van der Waals surface area contributed by atoms with E-state index < -0.39 is 0 Å². The minimum atomic E-state index is -0.252. The molecule has 1 heterocycles. The second-order valence-electron chi connectivity index (χ2n) is 5.28. The number of carbonyl (C=O) groups excluding carboxylic acids is 1. The Morgan fingerprint density at radius 1 is 1.38 bits per heavy atom. The monoisotopic (exact) mass is 324 g/mol. The Hall–Kier alpha value is -1.14. The van der Waals surface area contributed by atoms with Gasteiger partial charge in [-0.15, -0.1) is 11.3 Å². The number of carbonyl (C=O) groups is 1. The van der Waals surface area contributed by atoms with Gasteiger partial charge in [0, 0.05) is 6.04 Å². The first-order valence-corrected chi connectivity index (χ1v) is 8.99. The summed E-state index contributed by atoms with van der Waals surface area (Å²) in [4.78, 5) is 16.3. The zero-order chi connectivity index (χ0) is 14.7. The number of nitrogens with one attached hydrogen (secondary N) is 1. The van der Waals surface area contributed by atoms with Crippen LogP contribution >= 0.6 is 23.1 Å². The van der Waals surface area contributed by atoms with Crippen LogP contribution in [0.4, 0.5) is 4.39 Å². The molecule has 112 valence electrons. The van der Waals surface area contributed by atoms with E-state index in [0.29, 0.717) is 11.8 Å². The minimum absolute atomic E-state index is 0.0670. The summed E-state index contributed by atoms with van der Waals surface area (Å²) >= 11 is 2.85. The summed E-state index contributed by atoms with van der Waals surface area (Å²) in [6.45, 7) is 0. The number of aromatic nitrogens is 1. The van der Waals surface area contributed by atoms with Gasteiger partial charge in [-0.2, -0.15) is 0 Å². The third-order valence-electron chi connectivity index (χ3n) is 3.63. The molecule has 6 heteroatoms. The Morgan fingerprint density at radius 3 is 3.00 bits per heavy atom. The Labute approximate surface area is 131 Å². The van der Waals surface area contributed by atoms with Gasteiger partial charge in [-0.25, -0.2) is 9.37 Å². The summed E-state index contributed by atoms with van der Waals surface area (Å²) in [6, 6.07) is 4.91. The van der Waals surface area contributed by atoms with Crippen molar-refractivity contribution in [3.05, 3.63) is 24.0 Å². The lowest BCUT2D eigenvalue weighted by Gasteiger charge is -2.22. The van der Waals surface area contributed by atoms with Gasteiger partial charge in [0.05, 0.1) is 16.0 Å². The van der Waals surface area contributed by atoms with Gasteiger partial charge in [-0.05, 0) is 31.0 Å². The zero-order valence-electron chi connectivity index (χ0n) is 11.6. The third-order valence-corrected chi connectivity index (χ3v) is 5.79. The summed E-state index contributed by atoms with van der Waals surface area (Å²) in [6.07, 6.45) is 5.89. The topological polar surface area (TPSA) is 42.0 Å². The highest BCUT2D eigenvalue weighted by molar-refractivity contribution is 8.01. The number of fused-ring (bicyclic) bond motifs is 1. The highest BCUT2D eigenvalue weighted by Gasteiger charge is 2.16. The molecule has 1 amide bonds. The molecule has 0 atom stereocenters. The summed E-state index contributed by atoms with van der Waals surface area (Å²) < 4.78 is 14.8.